The molecule has 0 fully saturated rings. The summed E-state index contributed by atoms with van der Waals surface area (Å²) in [5.74, 6) is 0. The molecule has 2 aromatic rings. The Morgan fingerprint density at radius 2 is 1.68 bits per heavy atom. The van der Waals surface area contributed by atoms with Crippen LogP contribution in [-0.4, -0.2) is 12.0 Å². The van der Waals surface area contributed by atoms with Crippen molar-refractivity contribution in [1.82, 2.24) is 0 Å². The van der Waals surface area contributed by atoms with Gasteiger partial charge in [0.05, 0.1) is 10.6 Å². The molecule has 0 unspecified atom stereocenters. The fourth-order valence-corrected chi connectivity index (χ4v) is 2.27. The lowest BCUT2D eigenvalue weighted by molar-refractivity contribution is -0.383. The second kappa shape index (κ2) is 5.87. The number of rotatable bonds is 4. The molecule has 0 amide bonds. The van der Waals surface area contributed by atoms with Crippen molar-refractivity contribution in [2.24, 2.45) is 0 Å². The Kier molecular flexibility index (Phi) is 4.20. The number of nitrogens with zero attached hydrogens (tertiary/aromatic N) is 1. The lowest BCUT2D eigenvalue weighted by Gasteiger charge is -2.11. The molecule has 0 aliphatic rings. The van der Waals surface area contributed by atoms with E-state index in [0.29, 0.717) is 11.4 Å². The fourth-order valence-electron chi connectivity index (χ4n) is 1.75. The van der Waals surface area contributed by atoms with Gasteiger partial charge in [-0.05, 0) is 46.9 Å². The average Bonchev–Trinajstić information content (AvgIpc) is 2.40. The molecule has 0 aliphatic heterocycles. The number of halogens is 1. The van der Waals surface area contributed by atoms with E-state index in [1.165, 1.54) is 0 Å². The van der Waals surface area contributed by atoms with Gasteiger partial charge in [0, 0.05) is 10.6 Å². The number of hydrogen-bond donors (Lipinski definition) is 2. The van der Waals surface area contributed by atoms with E-state index in [2.05, 4.69) is 33.2 Å². The Hall–Kier alpha value is -1.83. The molecule has 0 spiro atoms. The van der Waals surface area contributed by atoms with Crippen LogP contribution in [0.5, 0.6) is 0 Å². The van der Waals surface area contributed by atoms with Crippen LogP contribution < -0.4 is 10.6 Å². The standard InChI is InChI=1S/C13H12IN3O2/c1-15-11-7-4-8-12(13(11)17(18)19)16-10-6-3-2-5-9(10)14/h2-8,15-16H,1H3. The minimum atomic E-state index is -0.385. The van der Waals surface area contributed by atoms with Gasteiger partial charge >= 0.3 is 5.69 Å². The molecule has 0 aliphatic carbocycles. The van der Waals surface area contributed by atoms with E-state index in [0.717, 1.165) is 9.26 Å². The highest BCUT2D eigenvalue weighted by atomic mass is 127. The molecular weight excluding hydrogens is 357 g/mol. The molecule has 0 radical (unpaired) electrons. The summed E-state index contributed by atoms with van der Waals surface area (Å²) in [4.78, 5) is 10.8. The zero-order valence-corrected chi connectivity index (χ0v) is 12.3. The first-order valence-corrected chi connectivity index (χ1v) is 6.68. The molecule has 0 bridgehead atoms. The summed E-state index contributed by atoms with van der Waals surface area (Å²) in [5.41, 5.74) is 1.85. The van der Waals surface area contributed by atoms with Crippen molar-refractivity contribution in [3.8, 4) is 0 Å². The molecule has 98 valence electrons. The van der Waals surface area contributed by atoms with Crippen LogP contribution in [0.25, 0.3) is 0 Å². The van der Waals surface area contributed by atoms with Crippen molar-refractivity contribution in [2.45, 2.75) is 0 Å². The predicted octanol–water partition coefficient (Wildman–Crippen LogP) is 3.98. The molecule has 0 heterocycles. The second-order valence-electron chi connectivity index (χ2n) is 3.81. The smallest absolute Gasteiger partial charge is 0.315 e. The Labute approximate surface area is 124 Å². The van der Waals surface area contributed by atoms with Crippen molar-refractivity contribution < 1.29 is 4.92 Å². The van der Waals surface area contributed by atoms with E-state index >= 15 is 0 Å². The minimum absolute atomic E-state index is 0.0460. The van der Waals surface area contributed by atoms with Crippen molar-refractivity contribution in [3.63, 3.8) is 0 Å². The predicted molar refractivity (Wildman–Crippen MR) is 85.1 cm³/mol. The lowest BCUT2D eigenvalue weighted by Crippen LogP contribution is -2.02. The monoisotopic (exact) mass is 369 g/mol. The van der Waals surface area contributed by atoms with Gasteiger partial charge in [-0.2, -0.15) is 0 Å². The molecule has 2 aromatic carbocycles. The molecule has 2 rings (SSSR count). The van der Waals surface area contributed by atoms with Gasteiger partial charge in [0.2, 0.25) is 0 Å². The van der Waals surface area contributed by atoms with Gasteiger partial charge in [0.15, 0.2) is 0 Å². The molecule has 6 heteroatoms. The van der Waals surface area contributed by atoms with Crippen molar-refractivity contribution in [2.75, 3.05) is 17.7 Å². The van der Waals surface area contributed by atoms with Gasteiger partial charge in [0.1, 0.15) is 11.4 Å². The fraction of sp³-hybridized carbons (Fsp3) is 0.0769. The topological polar surface area (TPSA) is 67.2 Å². The third-order valence-electron chi connectivity index (χ3n) is 2.63. The van der Waals surface area contributed by atoms with Crippen LogP contribution in [0.3, 0.4) is 0 Å². The average molecular weight is 369 g/mol. The molecule has 0 saturated carbocycles. The number of hydrogen-bond acceptors (Lipinski definition) is 4. The molecule has 0 saturated heterocycles. The number of benzene rings is 2. The number of nitro benzene ring substituents is 1. The number of nitro groups is 1. The normalized spacial score (nSPS) is 10.0. The van der Waals surface area contributed by atoms with Crippen molar-refractivity contribution >= 4 is 45.3 Å². The first-order valence-electron chi connectivity index (χ1n) is 5.60. The number of anilines is 3. The zero-order valence-electron chi connectivity index (χ0n) is 10.2. The Balaban J connectivity index is 2.46. The van der Waals surface area contributed by atoms with Gasteiger partial charge in [-0.1, -0.05) is 18.2 Å². The largest absolute Gasteiger partial charge is 0.382 e. The van der Waals surface area contributed by atoms with Gasteiger partial charge in [-0.25, -0.2) is 0 Å². The van der Waals surface area contributed by atoms with Gasteiger partial charge in [-0.15, -0.1) is 0 Å². The van der Waals surface area contributed by atoms with Crippen LogP contribution in [0, 0.1) is 13.7 Å². The van der Waals surface area contributed by atoms with E-state index in [1.54, 1.807) is 25.2 Å². The van der Waals surface area contributed by atoms with Crippen LogP contribution in [-0.2, 0) is 0 Å². The molecule has 0 aromatic heterocycles. The van der Waals surface area contributed by atoms with Crippen LogP contribution in [0.2, 0.25) is 0 Å². The van der Waals surface area contributed by atoms with Gasteiger partial charge in [0.25, 0.3) is 0 Å². The van der Waals surface area contributed by atoms with Crippen molar-refractivity contribution in [3.05, 3.63) is 56.1 Å². The van der Waals surface area contributed by atoms with Crippen molar-refractivity contribution in [1.29, 1.82) is 0 Å². The molecular formula is C13H12IN3O2. The van der Waals surface area contributed by atoms with E-state index in [-0.39, 0.29) is 10.6 Å². The summed E-state index contributed by atoms with van der Waals surface area (Å²) in [6.45, 7) is 0. The summed E-state index contributed by atoms with van der Waals surface area (Å²) in [6, 6.07) is 12.8. The third-order valence-corrected chi connectivity index (χ3v) is 3.57. The van der Waals surface area contributed by atoms with E-state index < -0.39 is 0 Å². The summed E-state index contributed by atoms with van der Waals surface area (Å²) < 4.78 is 1.00. The number of para-hydroxylation sites is 2. The molecule has 0 atom stereocenters. The van der Waals surface area contributed by atoms with E-state index in [4.69, 9.17) is 0 Å². The van der Waals surface area contributed by atoms with E-state index in [9.17, 15) is 10.1 Å². The maximum Gasteiger partial charge on any atom is 0.315 e. The highest BCUT2D eigenvalue weighted by Gasteiger charge is 2.19. The zero-order chi connectivity index (χ0) is 13.8. The first-order chi connectivity index (χ1) is 9.13. The number of nitrogens with one attached hydrogen (secondary N) is 2. The molecule has 2 N–H and O–H groups in total. The van der Waals surface area contributed by atoms with Gasteiger partial charge in [-0.3, -0.25) is 10.1 Å². The minimum Gasteiger partial charge on any atom is -0.382 e. The lowest BCUT2D eigenvalue weighted by atomic mass is 10.2. The first kappa shape index (κ1) is 13.6. The Morgan fingerprint density at radius 3 is 2.32 bits per heavy atom. The SMILES string of the molecule is CNc1cccc(Nc2ccccc2I)c1[N+](=O)[O-]. The summed E-state index contributed by atoms with van der Waals surface area (Å²) in [5, 5.41) is 17.1. The maximum atomic E-state index is 11.2. The second-order valence-corrected chi connectivity index (χ2v) is 4.98. The van der Waals surface area contributed by atoms with Crippen LogP contribution in [0.15, 0.2) is 42.5 Å². The summed E-state index contributed by atoms with van der Waals surface area (Å²) >= 11 is 2.19. The molecule has 19 heavy (non-hydrogen) atoms. The van der Waals surface area contributed by atoms with Crippen LogP contribution in [0.1, 0.15) is 0 Å². The van der Waals surface area contributed by atoms with Crippen LogP contribution >= 0.6 is 22.6 Å². The van der Waals surface area contributed by atoms with Gasteiger partial charge < -0.3 is 10.6 Å². The summed E-state index contributed by atoms with van der Waals surface area (Å²) in [6.07, 6.45) is 0. The Morgan fingerprint density at radius 1 is 1.05 bits per heavy atom. The Bertz CT molecular complexity index is 617. The summed E-state index contributed by atoms with van der Waals surface area (Å²) in [7, 11) is 1.67. The van der Waals surface area contributed by atoms with Crippen LogP contribution in [0.4, 0.5) is 22.7 Å². The highest BCUT2D eigenvalue weighted by molar-refractivity contribution is 14.1. The quantitative estimate of drug-likeness (QED) is 0.486. The third kappa shape index (κ3) is 2.95. The van der Waals surface area contributed by atoms with E-state index in [1.807, 2.05) is 24.3 Å². The maximum absolute atomic E-state index is 11.2. The highest BCUT2D eigenvalue weighted by Crippen LogP contribution is 2.35. The molecule has 5 nitrogen and oxygen atoms in total.